The second-order valence-electron chi connectivity index (χ2n) is 11.5. The zero-order valence-corrected chi connectivity index (χ0v) is 25.0. The van der Waals surface area contributed by atoms with Crippen LogP contribution in [0.1, 0.15) is 84.9 Å². The molecule has 2 aromatic carbocycles. The summed E-state index contributed by atoms with van der Waals surface area (Å²) in [6.45, 7) is 9.11. The van der Waals surface area contributed by atoms with E-state index in [9.17, 15) is 14.4 Å². The maximum absolute atomic E-state index is 13.3. The molecule has 0 radical (unpaired) electrons. The summed E-state index contributed by atoms with van der Waals surface area (Å²) in [5.41, 5.74) is 2.12. The Balaban J connectivity index is 1.38. The first-order chi connectivity index (χ1) is 20.7. The smallest absolute Gasteiger partial charge is 0.435 e. The molecule has 0 unspecified atom stereocenters. The molecule has 4 aromatic rings. The topological polar surface area (TPSA) is 119 Å². The van der Waals surface area contributed by atoms with E-state index in [1.165, 1.54) is 18.9 Å². The van der Waals surface area contributed by atoms with Crippen LogP contribution in [0.5, 0.6) is 0 Å². The molecule has 0 atom stereocenters. The van der Waals surface area contributed by atoms with Crippen LogP contribution < -0.4 is 10.6 Å². The minimum absolute atomic E-state index is 0.0213. The Morgan fingerprint density at radius 2 is 1.70 bits per heavy atom. The van der Waals surface area contributed by atoms with Gasteiger partial charge in [0, 0.05) is 18.2 Å². The zero-order valence-electron chi connectivity index (χ0n) is 25.0. The molecule has 5 rings (SSSR count). The Morgan fingerprint density at radius 1 is 0.977 bits per heavy atom. The van der Waals surface area contributed by atoms with Crippen LogP contribution in [0, 0.1) is 0 Å². The van der Waals surface area contributed by atoms with Crippen molar-refractivity contribution in [1.82, 2.24) is 20.0 Å². The largest absolute Gasteiger partial charge is 0.448 e. The zero-order chi connectivity index (χ0) is 30.4. The lowest BCUT2D eigenvalue weighted by molar-refractivity contribution is 0.0885. The summed E-state index contributed by atoms with van der Waals surface area (Å²) in [5, 5.41) is 10.0. The van der Waals surface area contributed by atoms with Crippen LogP contribution in [0.15, 0.2) is 65.1 Å². The van der Waals surface area contributed by atoms with Crippen molar-refractivity contribution in [2.24, 2.45) is 0 Å². The van der Waals surface area contributed by atoms with Crippen LogP contribution in [-0.4, -0.2) is 52.3 Å². The number of nitrogens with zero attached hydrogens (tertiary/aromatic N) is 3. The molecule has 3 heterocycles. The molecule has 43 heavy (non-hydrogen) atoms. The van der Waals surface area contributed by atoms with Crippen LogP contribution in [-0.2, 0) is 16.8 Å². The van der Waals surface area contributed by atoms with Gasteiger partial charge in [-0.1, -0.05) is 62.2 Å². The summed E-state index contributed by atoms with van der Waals surface area (Å²) in [5.74, 6) is -0.888. The average Bonchev–Trinajstić information content (AvgIpc) is 3.75. The van der Waals surface area contributed by atoms with Gasteiger partial charge in [-0.15, -0.1) is 5.10 Å². The Hall–Kier alpha value is -4.44. The number of furan rings is 1. The molecular weight excluding hydrogens is 546 g/mol. The van der Waals surface area contributed by atoms with Gasteiger partial charge in [-0.05, 0) is 69.5 Å². The summed E-state index contributed by atoms with van der Waals surface area (Å²) < 4.78 is 12.4. The first-order valence-corrected chi connectivity index (χ1v) is 15.0. The van der Waals surface area contributed by atoms with Crippen LogP contribution in [0.4, 0.5) is 10.6 Å². The lowest BCUT2D eigenvalue weighted by atomic mass is 9.94. The SMILES string of the molecule is CCCCCOC(=O)n1nc(NC(=O)c2ccc(CN3CCCC3)cc2)c2oc(C(=O)NC(C)(C)c3ccccc3)cc21. The van der Waals surface area contributed by atoms with E-state index in [1.807, 2.05) is 56.3 Å². The van der Waals surface area contributed by atoms with Crippen molar-refractivity contribution in [2.45, 2.75) is 65.0 Å². The van der Waals surface area contributed by atoms with E-state index in [1.54, 1.807) is 12.1 Å². The number of ether oxygens (including phenoxy) is 1. The van der Waals surface area contributed by atoms with Gasteiger partial charge in [-0.2, -0.15) is 4.68 Å². The Morgan fingerprint density at radius 3 is 2.40 bits per heavy atom. The number of likely N-dealkylation sites (tertiary alicyclic amines) is 1. The minimum Gasteiger partial charge on any atom is -0.448 e. The number of aromatic nitrogens is 2. The van der Waals surface area contributed by atoms with Gasteiger partial charge in [-0.25, -0.2) is 4.79 Å². The fourth-order valence-electron chi connectivity index (χ4n) is 5.23. The summed E-state index contributed by atoms with van der Waals surface area (Å²) in [6.07, 6.45) is 4.35. The van der Waals surface area contributed by atoms with E-state index >= 15 is 0 Å². The van der Waals surface area contributed by atoms with Gasteiger partial charge in [0.1, 0.15) is 5.52 Å². The number of unbranched alkanes of at least 4 members (excludes halogenated alkanes) is 2. The second kappa shape index (κ2) is 13.2. The predicted octanol–water partition coefficient (Wildman–Crippen LogP) is 6.32. The number of fused-ring (bicyclic) bond motifs is 1. The molecule has 1 saturated heterocycles. The number of rotatable bonds is 11. The lowest BCUT2D eigenvalue weighted by Crippen LogP contribution is -2.40. The number of hydrogen-bond donors (Lipinski definition) is 2. The number of carbonyl (C=O) groups is 3. The molecule has 1 aliphatic heterocycles. The van der Waals surface area contributed by atoms with E-state index in [4.69, 9.17) is 9.15 Å². The van der Waals surface area contributed by atoms with Gasteiger partial charge in [0.15, 0.2) is 17.2 Å². The van der Waals surface area contributed by atoms with Crippen LogP contribution in [0.25, 0.3) is 11.1 Å². The van der Waals surface area contributed by atoms with Gasteiger partial charge in [0.05, 0.1) is 12.1 Å². The monoisotopic (exact) mass is 585 g/mol. The molecule has 2 aromatic heterocycles. The number of nitrogens with one attached hydrogen (secondary N) is 2. The molecule has 10 heteroatoms. The summed E-state index contributed by atoms with van der Waals surface area (Å²) in [4.78, 5) is 41.9. The molecule has 2 amide bonds. The van der Waals surface area contributed by atoms with Crippen LogP contribution >= 0.6 is 0 Å². The van der Waals surface area contributed by atoms with Crippen molar-refractivity contribution in [3.8, 4) is 0 Å². The van der Waals surface area contributed by atoms with Crippen molar-refractivity contribution < 1.29 is 23.5 Å². The molecule has 0 saturated carbocycles. The quantitative estimate of drug-likeness (QED) is 0.198. The maximum atomic E-state index is 13.3. The third-order valence-electron chi connectivity index (χ3n) is 7.70. The van der Waals surface area contributed by atoms with Gasteiger partial charge >= 0.3 is 6.09 Å². The maximum Gasteiger partial charge on any atom is 0.435 e. The van der Waals surface area contributed by atoms with E-state index in [2.05, 4.69) is 27.6 Å². The summed E-state index contributed by atoms with van der Waals surface area (Å²) in [7, 11) is 0. The number of anilines is 1. The number of carbonyl (C=O) groups excluding carboxylic acids is 3. The average molecular weight is 586 g/mol. The first kappa shape index (κ1) is 30.0. The van der Waals surface area contributed by atoms with Crippen LogP contribution in [0.3, 0.4) is 0 Å². The number of hydrogen-bond acceptors (Lipinski definition) is 7. The van der Waals surface area contributed by atoms with Crippen LogP contribution in [0.2, 0.25) is 0 Å². The first-order valence-electron chi connectivity index (χ1n) is 15.0. The number of amides is 2. The summed E-state index contributed by atoms with van der Waals surface area (Å²) in [6, 6.07) is 18.4. The Bertz CT molecular complexity index is 1570. The van der Waals surface area contributed by atoms with Gasteiger partial charge in [-0.3, -0.25) is 14.5 Å². The molecular formula is C33H39N5O5. The fourth-order valence-corrected chi connectivity index (χ4v) is 5.23. The third-order valence-corrected chi connectivity index (χ3v) is 7.70. The van der Waals surface area contributed by atoms with Crippen molar-refractivity contribution in [3.05, 3.63) is 83.1 Å². The third kappa shape index (κ3) is 7.14. The van der Waals surface area contributed by atoms with Gasteiger partial charge < -0.3 is 19.8 Å². The van der Waals surface area contributed by atoms with Gasteiger partial charge in [0.2, 0.25) is 0 Å². The highest BCUT2D eigenvalue weighted by Crippen LogP contribution is 2.29. The molecule has 0 spiro atoms. The van der Waals surface area contributed by atoms with Crippen molar-refractivity contribution >= 4 is 34.8 Å². The second-order valence-corrected chi connectivity index (χ2v) is 11.5. The molecule has 0 bridgehead atoms. The molecule has 226 valence electrons. The highest BCUT2D eigenvalue weighted by atomic mass is 16.6. The van der Waals surface area contributed by atoms with Crippen molar-refractivity contribution in [1.29, 1.82) is 0 Å². The molecule has 1 fully saturated rings. The highest BCUT2D eigenvalue weighted by Gasteiger charge is 2.28. The molecule has 1 aliphatic rings. The van der Waals surface area contributed by atoms with E-state index in [0.717, 1.165) is 54.7 Å². The van der Waals surface area contributed by atoms with E-state index < -0.39 is 23.4 Å². The highest BCUT2D eigenvalue weighted by molar-refractivity contribution is 6.08. The standard InChI is InChI=1S/C33H39N5O5/c1-4-5-11-20-42-32(41)38-26-21-27(31(40)35-33(2,3)25-12-7-6-8-13-25)43-28(26)29(36-38)34-30(39)24-16-14-23(15-17-24)22-37-18-9-10-19-37/h6-8,12-17,21H,4-5,9-11,18-20,22H2,1-3H3,(H,35,40)(H,34,36,39). The van der Waals surface area contributed by atoms with Gasteiger partial charge in [0.25, 0.3) is 11.8 Å². The summed E-state index contributed by atoms with van der Waals surface area (Å²) >= 11 is 0. The molecule has 10 nitrogen and oxygen atoms in total. The van der Waals surface area contributed by atoms with E-state index in [0.29, 0.717) is 5.56 Å². The number of benzene rings is 2. The molecule has 0 aliphatic carbocycles. The predicted molar refractivity (Wildman–Crippen MR) is 164 cm³/mol. The normalized spacial score (nSPS) is 13.7. The van der Waals surface area contributed by atoms with Crippen molar-refractivity contribution in [2.75, 3.05) is 25.0 Å². The lowest BCUT2D eigenvalue weighted by Gasteiger charge is -2.26. The Labute approximate surface area is 251 Å². The Kier molecular flexibility index (Phi) is 9.25. The molecule has 2 N–H and O–H groups in total. The fraction of sp³-hybridized carbons (Fsp3) is 0.394. The van der Waals surface area contributed by atoms with E-state index in [-0.39, 0.29) is 29.3 Å². The minimum atomic E-state index is -0.717. The van der Waals surface area contributed by atoms with Crippen molar-refractivity contribution in [3.63, 3.8) is 0 Å².